The van der Waals surface area contributed by atoms with Crippen molar-refractivity contribution in [2.75, 3.05) is 17.2 Å². The quantitative estimate of drug-likeness (QED) is 0.665. The highest BCUT2D eigenvalue weighted by atomic mass is 15.3. The minimum absolute atomic E-state index is 0.300. The van der Waals surface area contributed by atoms with E-state index in [0.717, 1.165) is 29.0 Å². The van der Waals surface area contributed by atoms with Crippen molar-refractivity contribution < 1.29 is 0 Å². The van der Waals surface area contributed by atoms with Gasteiger partial charge in [0.15, 0.2) is 0 Å². The number of pyridine rings is 1. The molecule has 3 aromatic rings. The summed E-state index contributed by atoms with van der Waals surface area (Å²) in [5.74, 6) is 0.705. The Hall–Kier alpha value is -3.01. The number of anilines is 3. The van der Waals surface area contributed by atoms with E-state index in [4.69, 9.17) is 0 Å². The van der Waals surface area contributed by atoms with Gasteiger partial charge in [-0.3, -0.25) is 4.68 Å². The molecule has 7 nitrogen and oxygen atoms in total. The number of nitriles is 1. The van der Waals surface area contributed by atoms with Crippen LogP contribution in [0, 0.1) is 18.3 Å². The Morgan fingerprint density at radius 1 is 1.38 bits per heavy atom. The molecule has 0 fully saturated rings. The van der Waals surface area contributed by atoms with Gasteiger partial charge in [-0.1, -0.05) is 0 Å². The maximum atomic E-state index is 9.26. The molecule has 0 saturated carbocycles. The van der Waals surface area contributed by atoms with Gasteiger partial charge in [0.05, 0.1) is 28.0 Å². The molecule has 7 heteroatoms. The summed E-state index contributed by atoms with van der Waals surface area (Å²) in [6.07, 6.45) is 3.67. The Kier molecular flexibility index (Phi) is 4.13. The van der Waals surface area contributed by atoms with Gasteiger partial charge < -0.3 is 15.6 Å². The largest absolute Gasteiger partial charge is 0.385 e. The van der Waals surface area contributed by atoms with Gasteiger partial charge in [-0.15, -0.1) is 0 Å². The van der Waals surface area contributed by atoms with Crippen LogP contribution in [0.25, 0.3) is 11.0 Å². The van der Waals surface area contributed by atoms with Gasteiger partial charge in [0.2, 0.25) is 0 Å². The lowest BCUT2D eigenvalue weighted by molar-refractivity contribution is 0.529. The number of aryl methyl sites for hydroxylation is 1. The Labute approximate surface area is 140 Å². The molecule has 0 aromatic carbocycles. The van der Waals surface area contributed by atoms with Crippen molar-refractivity contribution in [3.05, 3.63) is 29.7 Å². The molecule has 0 saturated heterocycles. The third kappa shape index (κ3) is 2.78. The Bertz CT molecular complexity index is 911. The molecule has 124 valence electrons. The van der Waals surface area contributed by atoms with E-state index in [1.54, 1.807) is 6.20 Å². The number of nitrogens with one attached hydrogen (secondary N) is 3. The fraction of sp³-hybridized carbons (Fsp3) is 0.353. The zero-order valence-electron chi connectivity index (χ0n) is 14.3. The molecule has 3 aromatic heterocycles. The van der Waals surface area contributed by atoms with Gasteiger partial charge in [-0.25, -0.2) is 4.98 Å². The fourth-order valence-electron chi connectivity index (χ4n) is 2.62. The fourth-order valence-corrected chi connectivity index (χ4v) is 2.62. The van der Waals surface area contributed by atoms with Crippen LogP contribution >= 0.6 is 0 Å². The van der Waals surface area contributed by atoms with Crippen LogP contribution in [0.2, 0.25) is 0 Å². The average Bonchev–Trinajstić information content (AvgIpc) is 3.12. The molecule has 3 heterocycles. The van der Waals surface area contributed by atoms with Crippen molar-refractivity contribution in [2.45, 2.75) is 33.7 Å². The molecule has 0 unspecified atom stereocenters. The van der Waals surface area contributed by atoms with Crippen LogP contribution in [0.4, 0.5) is 17.2 Å². The summed E-state index contributed by atoms with van der Waals surface area (Å²) in [5.41, 5.74) is 3.99. The van der Waals surface area contributed by atoms with Crippen molar-refractivity contribution in [1.29, 1.82) is 5.26 Å². The van der Waals surface area contributed by atoms with Crippen molar-refractivity contribution in [3.8, 4) is 6.07 Å². The molecule has 3 rings (SSSR count). The number of hydrogen-bond donors (Lipinski definition) is 3. The van der Waals surface area contributed by atoms with Gasteiger partial charge in [0.25, 0.3) is 0 Å². The van der Waals surface area contributed by atoms with E-state index in [1.807, 2.05) is 30.8 Å². The van der Waals surface area contributed by atoms with E-state index >= 15 is 0 Å². The molecule has 24 heavy (non-hydrogen) atoms. The van der Waals surface area contributed by atoms with Crippen LogP contribution in [0.1, 0.15) is 38.1 Å². The third-order valence-electron chi connectivity index (χ3n) is 3.84. The van der Waals surface area contributed by atoms with Crippen molar-refractivity contribution in [2.24, 2.45) is 0 Å². The minimum Gasteiger partial charge on any atom is -0.385 e. The summed E-state index contributed by atoms with van der Waals surface area (Å²) >= 11 is 0. The second-order valence-corrected chi connectivity index (χ2v) is 5.95. The van der Waals surface area contributed by atoms with Crippen LogP contribution in [0.3, 0.4) is 0 Å². The summed E-state index contributed by atoms with van der Waals surface area (Å²) in [6.45, 7) is 8.93. The zero-order valence-corrected chi connectivity index (χ0v) is 14.3. The van der Waals surface area contributed by atoms with E-state index in [1.165, 1.54) is 0 Å². The maximum absolute atomic E-state index is 9.26. The number of hydrogen-bond acceptors (Lipinski definition) is 5. The number of aromatic amines is 1. The average molecular weight is 323 g/mol. The van der Waals surface area contributed by atoms with Crippen LogP contribution in [0.15, 0.2) is 18.5 Å². The van der Waals surface area contributed by atoms with Gasteiger partial charge in [-0.05, 0) is 27.7 Å². The van der Waals surface area contributed by atoms with E-state index < -0.39 is 0 Å². The third-order valence-corrected chi connectivity index (χ3v) is 3.84. The Morgan fingerprint density at radius 3 is 2.79 bits per heavy atom. The standard InChI is InChI=1S/C17H21N7/c1-5-19-13-6-15(22-17-16(13)12(7-18)8-20-17)21-14-9-24(10(2)3)23-11(14)4/h6,8-10H,5H2,1-4H3,(H3,19,20,21,22). The number of rotatable bonds is 5. The van der Waals surface area contributed by atoms with E-state index in [2.05, 4.69) is 45.6 Å². The van der Waals surface area contributed by atoms with Crippen LogP contribution < -0.4 is 10.6 Å². The normalized spacial score (nSPS) is 11.0. The number of fused-ring (bicyclic) bond motifs is 1. The summed E-state index contributed by atoms with van der Waals surface area (Å²) < 4.78 is 1.92. The van der Waals surface area contributed by atoms with Gasteiger partial charge >= 0.3 is 0 Å². The smallest absolute Gasteiger partial charge is 0.143 e. The topological polar surface area (TPSA) is 94.3 Å². The zero-order chi connectivity index (χ0) is 17.3. The highest BCUT2D eigenvalue weighted by Gasteiger charge is 2.13. The Balaban J connectivity index is 2.03. The van der Waals surface area contributed by atoms with E-state index in [9.17, 15) is 5.26 Å². The van der Waals surface area contributed by atoms with E-state index in [0.29, 0.717) is 23.1 Å². The predicted molar refractivity (Wildman–Crippen MR) is 95.6 cm³/mol. The number of nitrogens with zero attached hydrogens (tertiary/aromatic N) is 4. The molecule has 0 bridgehead atoms. The molecule has 0 aliphatic rings. The summed E-state index contributed by atoms with van der Waals surface area (Å²) in [5, 5.41) is 21.2. The van der Waals surface area contributed by atoms with E-state index in [-0.39, 0.29) is 0 Å². The monoisotopic (exact) mass is 323 g/mol. The highest BCUT2D eigenvalue weighted by Crippen LogP contribution is 2.30. The SMILES string of the molecule is CCNc1cc(Nc2cn(C(C)C)nc2C)nc2[nH]cc(C#N)c12. The first-order valence-corrected chi connectivity index (χ1v) is 8.02. The molecule has 0 radical (unpaired) electrons. The van der Waals surface area contributed by atoms with Crippen molar-refractivity contribution in [3.63, 3.8) is 0 Å². The number of aromatic nitrogens is 4. The first-order chi connectivity index (χ1) is 11.5. The van der Waals surface area contributed by atoms with Crippen LogP contribution in [0.5, 0.6) is 0 Å². The molecule has 0 amide bonds. The number of H-pyrrole nitrogens is 1. The van der Waals surface area contributed by atoms with Crippen LogP contribution in [-0.4, -0.2) is 26.3 Å². The first kappa shape index (κ1) is 15.9. The molecule has 0 aliphatic carbocycles. The van der Waals surface area contributed by atoms with Crippen molar-refractivity contribution in [1.82, 2.24) is 19.7 Å². The molecular formula is C17H21N7. The summed E-state index contributed by atoms with van der Waals surface area (Å²) in [7, 11) is 0. The molecule has 3 N–H and O–H groups in total. The Morgan fingerprint density at radius 2 is 2.17 bits per heavy atom. The minimum atomic E-state index is 0.300. The predicted octanol–water partition coefficient (Wildman–Crippen LogP) is 3.70. The lowest BCUT2D eigenvalue weighted by atomic mass is 10.2. The van der Waals surface area contributed by atoms with Gasteiger partial charge in [0.1, 0.15) is 17.5 Å². The summed E-state index contributed by atoms with van der Waals surface area (Å²) in [6, 6.07) is 4.42. The maximum Gasteiger partial charge on any atom is 0.143 e. The summed E-state index contributed by atoms with van der Waals surface area (Å²) in [4.78, 5) is 7.65. The van der Waals surface area contributed by atoms with Gasteiger partial charge in [-0.2, -0.15) is 10.4 Å². The van der Waals surface area contributed by atoms with Crippen molar-refractivity contribution >= 4 is 28.2 Å². The molecule has 0 spiro atoms. The second-order valence-electron chi connectivity index (χ2n) is 5.95. The lowest BCUT2D eigenvalue weighted by Crippen LogP contribution is -2.01. The second kappa shape index (κ2) is 6.24. The first-order valence-electron chi connectivity index (χ1n) is 8.02. The highest BCUT2D eigenvalue weighted by molar-refractivity contribution is 5.96. The van der Waals surface area contributed by atoms with Gasteiger partial charge in [0, 0.05) is 31.0 Å². The molecular weight excluding hydrogens is 302 g/mol. The van der Waals surface area contributed by atoms with Crippen LogP contribution in [-0.2, 0) is 0 Å². The molecule has 0 aliphatic heterocycles. The molecule has 0 atom stereocenters. The lowest BCUT2D eigenvalue weighted by Gasteiger charge is -2.10.